The van der Waals surface area contributed by atoms with E-state index < -0.39 is 18.2 Å². The second-order valence-corrected chi connectivity index (χ2v) is 4.90. The van der Waals surface area contributed by atoms with Crippen LogP contribution in [-0.2, 0) is 4.79 Å². The number of alkyl halides is 3. The SMILES string of the molecule is COc1cc(Br)cc(C(O)CCNC(=O)C(F)(F)F)c1. The number of carbonyl (C=O) groups is 1. The first-order valence-electron chi connectivity index (χ1n) is 5.61. The third-order valence-corrected chi connectivity index (χ3v) is 2.93. The number of ether oxygens (including phenoxy) is 1. The summed E-state index contributed by atoms with van der Waals surface area (Å²) in [5.74, 6) is -1.51. The largest absolute Gasteiger partial charge is 0.497 e. The van der Waals surface area contributed by atoms with Crippen molar-refractivity contribution < 1.29 is 27.8 Å². The highest BCUT2D eigenvalue weighted by Crippen LogP contribution is 2.26. The minimum Gasteiger partial charge on any atom is -0.497 e. The van der Waals surface area contributed by atoms with Crippen molar-refractivity contribution in [3.8, 4) is 5.75 Å². The van der Waals surface area contributed by atoms with Gasteiger partial charge >= 0.3 is 12.1 Å². The van der Waals surface area contributed by atoms with Crippen molar-refractivity contribution in [1.82, 2.24) is 5.32 Å². The molecule has 1 rings (SSSR count). The van der Waals surface area contributed by atoms with E-state index in [4.69, 9.17) is 4.74 Å². The standard InChI is InChI=1S/C12H13BrF3NO3/c1-20-9-5-7(4-8(13)6-9)10(18)2-3-17-11(19)12(14,15)16/h4-6,10,18H,2-3H2,1H3,(H,17,19). The molecule has 0 radical (unpaired) electrons. The molecule has 0 aliphatic carbocycles. The highest BCUT2D eigenvalue weighted by molar-refractivity contribution is 9.10. The van der Waals surface area contributed by atoms with Crippen LogP contribution in [0.3, 0.4) is 0 Å². The number of rotatable bonds is 5. The van der Waals surface area contributed by atoms with E-state index in [2.05, 4.69) is 15.9 Å². The summed E-state index contributed by atoms with van der Waals surface area (Å²) in [5, 5.41) is 11.6. The van der Waals surface area contributed by atoms with Gasteiger partial charge in [0.25, 0.3) is 0 Å². The second-order valence-electron chi connectivity index (χ2n) is 3.98. The molecule has 0 aliphatic rings. The fourth-order valence-corrected chi connectivity index (χ4v) is 1.97. The van der Waals surface area contributed by atoms with Gasteiger partial charge in [0.2, 0.25) is 0 Å². The van der Waals surface area contributed by atoms with Crippen molar-refractivity contribution in [3.63, 3.8) is 0 Å². The Kier molecular flexibility index (Phi) is 5.82. The smallest absolute Gasteiger partial charge is 0.471 e. The summed E-state index contributed by atoms with van der Waals surface area (Å²) >= 11 is 3.23. The number of carbonyl (C=O) groups excluding carboxylic acids is 1. The van der Waals surface area contributed by atoms with Gasteiger partial charge in [0.1, 0.15) is 5.75 Å². The van der Waals surface area contributed by atoms with Gasteiger partial charge in [-0.15, -0.1) is 0 Å². The molecule has 0 heterocycles. The van der Waals surface area contributed by atoms with Crippen molar-refractivity contribution in [2.75, 3.05) is 13.7 Å². The molecule has 0 aliphatic heterocycles. The molecule has 8 heteroatoms. The third kappa shape index (κ3) is 5.01. The molecule has 0 saturated carbocycles. The first kappa shape index (κ1) is 16.8. The summed E-state index contributed by atoms with van der Waals surface area (Å²) in [7, 11) is 1.46. The molecule has 0 bridgehead atoms. The number of aliphatic hydroxyl groups excluding tert-OH is 1. The van der Waals surface area contributed by atoms with Crippen LogP contribution in [-0.4, -0.2) is 30.8 Å². The van der Waals surface area contributed by atoms with Crippen LogP contribution in [0.15, 0.2) is 22.7 Å². The number of halogens is 4. The minimum atomic E-state index is -4.91. The van der Waals surface area contributed by atoms with Crippen molar-refractivity contribution in [1.29, 1.82) is 0 Å². The quantitative estimate of drug-likeness (QED) is 0.853. The zero-order valence-corrected chi connectivity index (χ0v) is 12.1. The van der Waals surface area contributed by atoms with Crippen LogP contribution in [0.4, 0.5) is 13.2 Å². The van der Waals surface area contributed by atoms with Crippen LogP contribution >= 0.6 is 15.9 Å². The molecule has 0 aromatic heterocycles. The van der Waals surface area contributed by atoms with Gasteiger partial charge < -0.3 is 15.2 Å². The van der Waals surface area contributed by atoms with Crippen LogP contribution in [0.5, 0.6) is 5.75 Å². The molecule has 1 unspecified atom stereocenters. The summed E-state index contributed by atoms with van der Waals surface area (Å²) in [6.45, 7) is -0.283. The van der Waals surface area contributed by atoms with Crippen molar-refractivity contribution in [2.24, 2.45) is 0 Å². The molecule has 112 valence electrons. The summed E-state index contributed by atoms with van der Waals surface area (Å²) in [4.78, 5) is 10.6. The Bertz CT molecular complexity index is 480. The molecule has 1 amide bonds. The average molecular weight is 356 g/mol. The van der Waals surface area contributed by atoms with Crippen LogP contribution in [0.2, 0.25) is 0 Å². The predicted molar refractivity (Wildman–Crippen MR) is 69.3 cm³/mol. The number of benzene rings is 1. The van der Waals surface area contributed by atoms with E-state index in [1.807, 2.05) is 0 Å². The van der Waals surface area contributed by atoms with E-state index in [-0.39, 0.29) is 13.0 Å². The first-order valence-corrected chi connectivity index (χ1v) is 6.41. The minimum absolute atomic E-state index is 0.0403. The Labute approximate surface area is 122 Å². The topological polar surface area (TPSA) is 58.6 Å². The molecule has 1 aromatic rings. The highest BCUT2D eigenvalue weighted by Gasteiger charge is 2.38. The number of amides is 1. The number of nitrogens with one attached hydrogen (secondary N) is 1. The summed E-state index contributed by atoms with van der Waals surface area (Å²) < 4.78 is 41.5. The maximum atomic E-state index is 12.0. The monoisotopic (exact) mass is 355 g/mol. The van der Waals surface area contributed by atoms with E-state index in [0.29, 0.717) is 15.8 Å². The lowest BCUT2D eigenvalue weighted by Gasteiger charge is -2.14. The Morgan fingerprint density at radius 3 is 2.65 bits per heavy atom. The van der Waals surface area contributed by atoms with Crippen molar-refractivity contribution in [2.45, 2.75) is 18.7 Å². The van der Waals surface area contributed by atoms with Gasteiger partial charge in [-0.25, -0.2) is 0 Å². The number of hydrogen-bond acceptors (Lipinski definition) is 3. The second kappa shape index (κ2) is 6.94. The molecule has 4 nitrogen and oxygen atoms in total. The van der Waals surface area contributed by atoms with Crippen molar-refractivity contribution >= 4 is 21.8 Å². The van der Waals surface area contributed by atoms with Gasteiger partial charge in [0.15, 0.2) is 0 Å². The molecule has 2 N–H and O–H groups in total. The van der Waals surface area contributed by atoms with E-state index in [9.17, 15) is 23.1 Å². The molecule has 0 spiro atoms. The summed E-state index contributed by atoms with van der Waals surface area (Å²) in [6.07, 6.45) is -5.96. The van der Waals surface area contributed by atoms with Crippen LogP contribution < -0.4 is 10.1 Å². The molecule has 1 atom stereocenters. The Morgan fingerprint density at radius 1 is 1.45 bits per heavy atom. The lowest BCUT2D eigenvalue weighted by atomic mass is 10.1. The van der Waals surface area contributed by atoms with Gasteiger partial charge in [0.05, 0.1) is 13.2 Å². The lowest BCUT2D eigenvalue weighted by molar-refractivity contribution is -0.173. The predicted octanol–water partition coefficient (Wildman–Crippen LogP) is 2.56. The number of hydrogen-bond donors (Lipinski definition) is 2. The van der Waals surface area contributed by atoms with Crippen molar-refractivity contribution in [3.05, 3.63) is 28.2 Å². The van der Waals surface area contributed by atoms with E-state index in [1.165, 1.54) is 7.11 Å². The fourth-order valence-electron chi connectivity index (χ4n) is 1.48. The Balaban J connectivity index is 2.57. The number of methoxy groups -OCH3 is 1. The Morgan fingerprint density at radius 2 is 2.10 bits per heavy atom. The maximum Gasteiger partial charge on any atom is 0.471 e. The normalized spacial score (nSPS) is 12.9. The van der Waals surface area contributed by atoms with Gasteiger partial charge in [-0.3, -0.25) is 4.79 Å². The van der Waals surface area contributed by atoms with Crippen LogP contribution in [0.25, 0.3) is 0 Å². The van der Waals surface area contributed by atoms with Crippen LogP contribution in [0, 0.1) is 0 Å². The number of aliphatic hydroxyl groups is 1. The molecule has 1 aromatic carbocycles. The first-order chi connectivity index (χ1) is 9.24. The molecule has 0 fully saturated rings. The zero-order chi connectivity index (χ0) is 15.3. The molecular weight excluding hydrogens is 343 g/mol. The lowest BCUT2D eigenvalue weighted by Crippen LogP contribution is -2.37. The highest BCUT2D eigenvalue weighted by atomic mass is 79.9. The van der Waals surface area contributed by atoms with E-state index in [0.717, 1.165) is 0 Å². The summed E-state index contributed by atoms with van der Waals surface area (Å²) in [5.41, 5.74) is 0.484. The van der Waals surface area contributed by atoms with Gasteiger partial charge in [-0.1, -0.05) is 15.9 Å². The summed E-state index contributed by atoms with van der Waals surface area (Å²) in [6, 6.07) is 4.88. The van der Waals surface area contributed by atoms with E-state index >= 15 is 0 Å². The molecular formula is C12H13BrF3NO3. The third-order valence-electron chi connectivity index (χ3n) is 2.47. The fraction of sp³-hybridized carbons (Fsp3) is 0.417. The van der Waals surface area contributed by atoms with Gasteiger partial charge in [-0.05, 0) is 30.2 Å². The Hall–Kier alpha value is -1.28. The average Bonchev–Trinajstić information content (AvgIpc) is 2.36. The maximum absolute atomic E-state index is 12.0. The zero-order valence-electron chi connectivity index (χ0n) is 10.5. The van der Waals surface area contributed by atoms with Gasteiger partial charge in [-0.2, -0.15) is 13.2 Å². The van der Waals surface area contributed by atoms with E-state index in [1.54, 1.807) is 23.5 Å². The molecule has 0 saturated heterocycles. The van der Waals surface area contributed by atoms with Crippen LogP contribution in [0.1, 0.15) is 18.1 Å². The molecule has 20 heavy (non-hydrogen) atoms. The van der Waals surface area contributed by atoms with Gasteiger partial charge in [0, 0.05) is 11.0 Å².